The van der Waals surface area contributed by atoms with Crippen molar-refractivity contribution >= 4 is 28.7 Å². The van der Waals surface area contributed by atoms with Crippen LogP contribution >= 0.6 is 0 Å². The zero-order chi connectivity index (χ0) is 15.0. The first-order valence-electron chi connectivity index (χ1n) is 7.13. The molecule has 0 aromatic heterocycles. The largest absolute Gasteiger partial charge is 0.397 e. The lowest BCUT2D eigenvalue weighted by molar-refractivity contribution is -0.115. The average molecular weight is 281 g/mol. The molecule has 0 bridgehead atoms. The van der Waals surface area contributed by atoms with Crippen molar-refractivity contribution in [1.29, 1.82) is 0 Å². The molecular weight excluding hydrogens is 262 g/mol. The summed E-state index contributed by atoms with van der Waals surface area (Å²) >= 11 is 0. The highest BCUT2D eigenvalue weighted by Gasteiger charge is 2.20. The van der Waals surface area contributed by atoms with E-state index in [1.807, 2.05) is 24.1 Å². The molecule has 2 aromatic rings. The summed E-state index contributed by atoms with van der Waals surface area (Å²) in [5.74, 6) is 0.0245. The first-order valence-corrected chi connectivity index (χ1v) is 7.13. The third-order valence-corrected chi connectivity index (χ3v) is 3.97. The molecule has 1 aliphatic heterocycles. The Kier molecular flexibility index (Phi) is 3.29. The van der Waals surface area contributed by atoms with Crippen LogP contribution in [-0.4, -0.2) is 13.0 Å². The maximum Gasteiger partial charge on any atom is 0.228 e. The number of nitrogen functional groups attached to an aromatic ring is 1. The van der Waals surface area contributed by atoms with E-state index in [1.54, 1.807) is 0 Å². The number of hydrogen-bond acceptors (Lipinski definition) is 3. The Bertz CT molecular complexity index is 692. The van der Waals surface area contributed by atoms with Gasteiger partial charge in [0.15, 0.2) is 0 Å². The van der Waals surface area contributed by atoms with Gasteiger partial charge in [-0.05, 0) is 41.8 Å². The van der Waals surface area contributed by atoms with Crippen LogP contribution in [0, 0.1) is 0 Å². The minimum Gasteiger partial charge on any atom is -0.397 e. The third kappa shape index (κ3) is 2.44. The molecule has 4 nitrogen and oxygen atoms in total. The number of amides is 1. The number of fused-ring (bicyclic) bond motifs is 1. The second kappa shape index (κ2) is 5.13. The lowest BCUT2D eigenvalue weighted by Crippen LogP contribution is -2.12. The van der Waals surface area contributed by atoms with E-state index in [-0.39, 0.29) is 5.91 Å². The van der Waals surface area contributed by atoms with E-state index in [9.17, 15) is 4.79 Å². The number of nitrogens with zero attached hydrogens (tertiary/aromatic N) is 1. The Morgan fingerprint density at radius 2 is 1.95 bits per heavy atom. The molecule has 21 heavy (non-hydrogen) atoms. The van der Waals surface area contributed by atoms with Crippen LogP contribution in [0.2, 0.25) is 0 Å². The quantitative estimate of drug-likeness (QED) is 0.850. The third-order valence-electron chi connectivity index (χ3n) is 3.97. The SMILES string of the molecule is CCc1ccc(N(C)c2cc3c(cc2N)CC(=O)N3)cc1. The van der Waals surface area contributed by atoms with Crippen LogP contribution in [0.3, 0.4) is 0 Å². The van der Waals surface area contributed by atoms with Gasteiger partial charge in [-0.25, -0.2) is 0 Å². The van der Waals surface area contributed by atoms with Crippen molar-refractivity contribution < 1.29 is 4.79 Å². The second-order valence-corrected chi connectivity index (χ2v) is 5.37. The molecule has 108 valence electrons. The molecule has 0 unspecified atom stereocenters. The molecular formula is C17H19N3O. The van der Waals surface area contributed by atoms with Gasteiger partial charge in [-0.1, -0.05) is 19.1 Å². The maximum absolute atomic E-state index is 11.5. The fraction of sp³-hybridized carbons (Fsp3) is 0.235. The molecule has 0 saturated carbocycles. The van der Waals surface area contributed by atoms with Gasteiger partial charge in [0.2, 0.25) is 5.91 Å². The molecule has 3 N–H and O–H groups in total. The van der Waals surface area contributed by atoms with Gasteiger partial charge < -0.3 is 16.0 Å². The molecule has 0 spiro atoms. The monoisotopic (exact) mass is 281 g/mol. The molecule has 0 aliphatic carbocycles. The number of hydrogen-bond donors (Lipinski definition) is 2. The molecule has 3 rings (SSSR count). The average Bonchev–Trinajstić information content (AvgIpc) is 2.85. The normalized spacial score (nSPS) is 13.0. The fourth-order valence-electron chi connectivity index (χ4n) is 2.67. The summed E-state index contributed by atoms with van der Waals surface area (Å²) in [7, 11) is 1.98. The Labute approximate surface area is 124 Å². The highest BCUT2D eigenvalue weighted by atomic mass is 16.1. The maximum atomic E-state index is 11.5. The van der Waals surface area contributed by atoms with E-state index in [0.717, 1.165) is 29.0 Å². The van der Waals surface area contributed by atoms with Gasteiger partial charge in [-0.15, -0.1) is 0 Å². The molecule has 1 aliphatic rings. The smallest absolute Gasteiger partial charge is 0.228 e. The van der Waals surface area contributed by atoms with Gasteiger partial charge >= 0.3 is 0 Å². The molecule has 2 aromatic carbocycles. The van der Waals surface area contributed by atoms with Gasteiger partial charge in [0.25, 0.3) is 0 Å². The van der Waals surface area contributed by atoms with Crippen molar-refractivity contribution in [1.82, 2.24) is 0 Å². The first kappa shape index (κ1) is 13.5. The van der Waals surface area contributed by atoms with E-state index in [1.165, 1.54) is 5.56 Å². The van der Waals surface area contributed by atoms with E-state index >= 15 is 0 Å². The topological polar surface area (TPSA) is 58.4 Å². The summed E-state index contributed by atoms with van der Waals surface area (Å²) in [6.45, 7) is 2.14. The Hall–Kier alpha value is -2.49. The highest BCUT2D eigenvalue weighted by Crippen LogP contribution is 2.36. The van der Waals surface area contributed by atoms with Crippen molar-refractivity contribution in [2.45, 2.75) is 19.8 Å². The number of rotatable bonds is 3. The van der Waals surface area contributed by atoms with Gasteiger partial charge in [0, 0.05) is 18.4 Å². The van der Waals surface area contributed by atoms with Crippen LogP contribution in [0.25, 0.3) is 0 Å². The Morgan fingerprint density at radius 3 is 2.62 bits per heavy atom. The number of carbonyl (C=O) groups is 1. The first-order chi connectivity index (χ1) is 10.1. The van der Waals surface area contributed by atoms with Crippen molar-refractivity contribution in [3.05, 3.63) is 47.5 Å². The van der Waals surface area contributed by atoms with Gasteiger partial charge in [0.05, 0.1) is 17.8 Å². The summed E-state index contributed by atoms with van der Waals surface area (Å²) in [4.78, 5) is 13.5. The van der Waals surface area contributed by atoms with Crippen LogP contribution in [0.5, 0.6) is 0 Å². The molecule has 0 radical (unpaired) electrons. The van der Waals surface area contributed by atoms with Gasteiger partial charge in [-0.3, -0.25) is 4.79 Å². The lowest BCUT2D eigenvalue weighted by atomic mass is 10.1. The predicted octanol–water partition coefficient (Wildman–Crippen LogP) is 3.09. The minimum absolute atomic E-state index is 0.0245. The number of carbonyl (C=O) groups excluding carboxylic acids is 1. The van der Waals surface area contributed by atoms with E-state index < -0.39 is 0 Å². The fourth-order valence-corrected chi connectivity index (χ4v) is 2.67. The molecule has 1 amide bonds. The highest BCUT2D eigenvalue weighted by molar-refractivity contribution is 6.01. The Morgan fingerprint density at radius 1 is 1.24 bits per heavy atom. The van der Waals surface area contributed by atoms with Crippen molar-refractivity contribution in [3.63, 3.8) is 0 Å². The van der Waals surface area contributed by atoms with Crippen molar-refractivity contribution in [2.75, 3.05) is 23.0 Å². The van der Waals surface area contributed by atoms with Crippen LogP contribution in [0.4, 0.5) is 22.7 Å². The number of benzene rings is 2. The van der Waals surface area contributed by atoms with Crippen LogP contribution in [0.15, 0.2) is 36.4 Å². The van der Waals surface area contributed by atoms with E-state index in [2.05, 4.69) is 36.5 Å². The second-order valence-electron chi connectivity index (χ2n) is 5.37. The zero-order valence-electron chi connectivity index (χ0n) is 12.3. The predicted molar refractivity (Wildman–Crippen MR) is 87.1 cm³/mol. The number of nitrogens with one attached hydrogen (secondary N) is 1. The summed E-state index contributed by atoms with van der Waals surface area (Å²) in [5.41, 5.74) is 12.0. The van der Waals surface area contributed by atoms with Crippen LogP contribution < -0.4 is 16.0 Å². The number of anilines is 4. The number of nitrogens with two attached hydrogens (primary N) is 1. The number of aryl methyl sites for hydroxylation is 1. The van der Waals surface area contributed by atoms with Gasteiger partial charge in [-0.2, -0.15) is 0 Å². The van der Waals surface area contributed by atoms with Crippen molar-refractivity contribution in [2.24, 2.45) is 0 Å². The summed E-state index contributed by atoms with van der Waals surface area (Å²) < 4.78 is 0. The summed E-state index contributed by atoms with van der Waals surface area (Å²) in [6, 6.07) is 12.3. The molecule has 0 atom stereocenters. The lowest BCUT2D eigenvalue weighted by Gasteiger charge is -2.22. The molecule has 1 heterocycles. The minimum atomic E-state index is 0.0245. The van der Waals surface area contributed by atoms with Gasteiger partial charge in [0.1, 0.15) is 0 Å². The van der Waals surface area contributed by atoms with E-state index in [4.69, 9.17) is 5.73 Å². The molecule has 0 fully saturated rings. The molecule has 0 saturated heterocycles. The van der Waals surface area contributed by atoms with Crippen LogP contribution in [0.1, 0.15) is 18.1 Å². The van der Waals surface area contributed by atoms with Crippen LogP contribution in [-0.2, 0) is 17.6 Å². The summed E-state index contributed by atoms with van der Waals surface area (Å²) in [6.07, 6.45) is 1.44. The van der Waals surface area contributed by atoms with E-state index in [0.29, 0.717) is 12.1 Å². The Balaban J connectivity index is 1.96. The zero-order valence-corrected chi connectivity index (χ0v) is 12.3. The standard InChI is InChI=1S/C17H19N3O/c1-3-11-4-6-13(7-5-11)20(2)16-10-15-12(8-14(16)18)9-17(21)19-15/h4-8,10H,3,9,18H2,1-2H3,(H,19,21). The molecule has 4 heteroatoms. The van der Waals surface area contributed by atoms with Crippen molar-refractivity contribution in [3.8, 4) is 0 Å². The summed E-state index contributed by atoms with van der Waals surface area (Å²) in [5, 5.41) is 2.87.